The molecule has 5 aromatic rings. The van der Waals surface area contributed by atoms with Crippen molar-refractivity contribution in [3.05, 3.63) is 49.2 Å². The molecule has 1 aromatic carbocycles. The van der Waals surface area contributed by atoms with Crippen molar-refractivity contribution in [3.8, 4) is 28.3 Å². The maximum absolute atomic E-state index is 5.55. The minimum Gasteiger partial charge on any atom is -0.495 e. The number of anilines is 2. The fourth-order valence-electron chi connectivity index (χ4n) is 3.30. The Kier molecular flexibility index (Phi) is 3.94. The summed E-state index contributed by atoms with van der Waals surface area (Å²) in [6.45, 7) is 0. The summed E-state index contributed by atoms with van der Waals surface area (Å²) in [5, 5.41) is 22.5. The second kappa shape index (κ2) is 6.75. The van der Waals surface area contributed by atoms with Crippen molar-refractivity contribution in [2.24, 2.45) is 7.05 Å². The van der Waals surface area contributed by atoms with Gasteiger partial charge in [-0.3, -0.25) is 14.9 Å². The molecule has 5 rings (SSSR count). The molecule has 0 saturated heterocycles. The smallest absolute Gasteiger partial charge is 0.186 e. The van der Waals surface area contributed by atoms with Crippen molar-refractivity contribution in [2.45, 2.75) is 0 Å². The van der Waals surface area contributed by atoms with E-state index in [4.69, 9.17) is 4.74 Å². The quantitative estimate of drug-likeness (QED) is 0.424. The number of H-pyrrole nitrogens is 2. The van der Waals surface area contributed by atoms with Crippen LogP contribution in [0.3, 0.4) is 0 Å². The largest absolute Gasteiger partial charge is 0.495 e. The van der Waals surface area contributed by atoms with Crippen molar-refractivity contribution < 1.29 is 4.74 Å². The van der Waals surface area contributed by atoms with Gasteiger partial charge < -0.3 is 10.1 Å². The van der Waals surface area contributed by atoms with Crippen LogP contribution in [0, 0.1) is 0 Å². The minimum atomic E-state index is 0.556. The standard InChI is InChI=1S/C19H17N9O/c1-28-14(5-6-24-28)11-3-4-15(29-2)13(7-11)25-18-16-17(12-8-22-23-9-12)26-27-19(16)21-10-20-18/h3-10H,1-2H3,(H,22,23)(H2,20,21,25,26,27). The van der Waals surface area contributed by atoms with Gasteiger partial charge in [0.1, 0.15) is 17.9 Å². The lowest BCUT2D eigenvalue weighted by atomic mass is 10.1. The molecule has 0 aliphatic heterocycles. The molecule has 0 unspecified atom stereocenters. The Morgan fingerprint density at radius 2 is 2.07 bits per heavy atom. The number of ether oxygens (including phenoxy) is 1. The highest BCUT2D eigenvalue weighted by molar-refractivity contribution is 5.99. The van der Waals surface area contributed by atoms with Crippen LogP contribution in [0.4, 0.5) is 11.5 Å². The number of hydrogen-bond acceptors (Lipinski definition) is 7. The van der Waals surface area contributed by atoms with Crippen molar-refractivity contribution in [3.63, 3.8) is 0 Å². The summed E-state index contributed by atoms with van der Waals surface area (Å²) in [6, 6.07) is 7.86. The number of benzene rings is 1. The second-order valence-electron chi connectivity index (χ2n) is 6.39. The number of nitrogens with zero attached hydrogens (tertiary/aromatic N) is 6. The van der Waals surface area contributed by atoms with Crippen molar-refractivity contribution in [1.29, 1.82) is 0 Å². The number of methoxy groups -OCH3 is 1. The molecule has 0 radical (unpaired) electrons. The van der Waals surface area contributed by atoms with Gasteiger partial charge in [0.25, 0.3) is 0 Å². The maximum atomic E-state index is 5.55. The van der Waals surface area contributed by atoms with E-state index in [-0.39, 0.29) is 0 Å². The molecular formula is C19H17N9O. The van der Waals surface area contributed by atoms with Gasteiger partial charge in [0, 0.05) is 30.6 Å². The van der Waals surface area contributed by atoms with Crippen LogP contribution in [0.5, 0.6) is 5.75 Å². The third kappa shape index (κ3) is 2.87. The monoisotopic (exact) mass is 387 g/mol. The predicted molar refractivity (Wildman–Crippen MR) is 108 cm³/mol. The van der Waals surface area contributed by atoms with E-state index in [0.717, 1.165) is 33.6 Å². The van der Waals surface area contributed by atoms with Gasteiger partial charge in [0.05, 0.1) is 35.8 Å². The number of rotatable bonds is 5. The highest BCUT2D eigenvalue weighted by Gasteiger charge is 2.17. The van der Waals surface area contributed by atoms with Gasteiger partial charge in [-0.05, 0) is 24.3 Å². The number of fused-ring (bicyclic) bond motifs is 1. The van der Waals surface area contributed by atoms with E-state index in [1.54, 1.807) is 25.7 Å². The van der Waals surface area contributed by atoms with Crippen LogP contribution in [0.2, 0.25) is 0 Å². The van der Waals surface area contributed by atoms with Crippen LogP contribution in [-0.4, -0.2) is 47.3 Å². The fraction of sp³-hybridized carbons (Fsp3) is 0.105. The van der Waals surface area contributed by atoms with Crippen molar-refractivity contribution in [2.75, 3.05) is 12.4 Å². The summed E-state index contributed by atoms with van der Waals surface area (Å²) in [6.07, 6.45) is 6.74. The van der Waals surface area contributed by atoms with E-state index in [0.29, 0.717) is 17.2 Å². The minimum absolute atomic E-state index is 0.556. The van der Waals surface area contributed by atoms with E-state index >= 15 is 0 Å². The SMILES string of the molecule is COc1ccc(-c2ccnn2C)cc1Nc1ncnc2n[nH]c(-c3cn[nH]c3)c12. The first kappa shape index (κ1) is 16.9. The molecule has 0 fully saturated rings. The lowest BCUT2D eigenvalue weighted by Crippen LogP contribution is -2.00. The molecule has 0 aliphatic carbocycles. The first-order valence-corrected chi connectivity index (χ1v) is 8.86. The molecule has 4 aromatic heterocycles. The van der Waals surface area contributed by atoms with Crippen LogP contribution >= 0.6 is 0 Å². The number of hydrogen-bond donors (Lipinski definition) is 3. The van der Waals surface area contributed by atoms with Gasteiger partial charge in [-0.25, -0.2) is 9.97 Å². The highest BCUT2D eigenvalue weighted by Crippen LogP contribution is 2.35. The summed E-state index contributed by atoms with van der Waals surface area (Å²) >= 11 is 0. The number of aryl methyl sites for hydroxylation is 1. The summed E-state index contributed by atoms with van der Waals surface area (Å²) in [5.74, 6) is 1.30. The summed E-state index contributed by atoms with van der Waals surface area (Å²) < 4.78 is 7.37. The molecule has 10 heteroatoms. The Balaban J connectivity index is 1.63. The average Bonchev–Trinajstić information content (AvgIpc) is 3.48. The Morgan fingerprint density at radius 1 is 1.14 bits per heavy atom. The molecule has 0 aliphatic rings. The summed E-state index contributed by atoms with van der Waals surface area (Å²) in [7, 11) is 3.54. The molecule has 0 bridgehead atoms. The molecule has 4 heterocycles. The van der Waals surface area contributed by atoms with Crippen LogP contribution < -0.4 is 10.1 Å². The first-order valence-electron chi connectivity index (χ1n) is 8.86. The Labute approximate surface area is 165 Å². The van der Waals surface area contributed by atoms with Gasteiger partial charge in [-0.1, -0.05) is 0 Å². The molecule has 3 N–H and O–H groups in total. The van der Waals surface area contributed by atoms with Gasteiger partial charge in [0.15, 0.2) is 5.65 Å². The van der Waals surface area contributed by atoms with Gasteiger partial charge in [0.2, 0.25) is 0 Å². The summed E-state index contributed by atoms with van der Waals surface area (Å²) in [4.78, 5) is 8.70. The Hall–Kier alpha value is -4.21. The van der Waals surface area contributed by atoms with Crippen LogP contribution in [0.25, 0.3) is 33.5 Å². The molecule has 29 heavy (non-hydrogen) atoms. The molecule has 0 amide bonds. The molecule has 144 valence electrons. The van der Waals surface area contributed by atoms with E-state index < -0.39 is 0 Å². The molecular weight excluding hydrogens is 370 g/mol. The third-order valence-electron chi connectivity index (χ3n) is 4.71. The number of nitrogens with one attached hydrogen (secondary N) is 3. The zero-order valence-corrected chi connectivity index (χ0v) is 15.7. The van der Waals surface area contributed by atoms with Crippen molar-refractivity contribution >= 4 is 22.5 Å². The zero-order valence-electron chi connectivity index (χ0n) is 15.7. The molecule has 0 saturated carbocycles. The molecule has 0 spiro atoms. The van der Waals surface area contributed by atoms with Crippen LogP contribution in [0.15, 0.2) is 49.2 Å². The van der Waals surface area contributed by atoms with Crippen LogP contribution in [0.1, 0.15) is 0 Å². The number of aromatic amines is 2. The predicted octanol–water partition coefficient (Wildman–Crippen LogP) is 2.90. The highest BCUT2D eigenvalue weighted by atomic mass is 16.5. The Bertz CT molecular complexity index is 1290. The van der Waals surface area contributed by atoms with E-state index in [1.165, 1.54) is 6.33 Å². The first-order chi connectivity index (χ1) is 14.2. The van der Waals surface area contributed by atoms with Gasteiger partial charge in [-0.15, -0.1) is 0 Å². The topological polar surface area (TPSA) is 122 Å². The third-order valence-corrected chi connectivity index (χ3v) is 4.71. The molecule has 0 atom stereocenters. The zero-order chi connectivity index (χ0) is 19.8. The summed E-state index contributed by atoms with van der Waals surface area (Å²) in [5.41, 5.74) is 4.96. The van der Waals surface area contributed by atoms with E-state index in [9.17, 15) is 0 Å². The van der Waals surface area contributed by atoms with Gasteiger partial charge >= 0.3 is 0 Å². The van der Waals surface area contributed by atoms with Gasteiger partial charge in [-0.2, -0.15) is 15.3 Å². The fourth-order valence-corrected chi connectivity index (χ4v) is 3.30. The van der Waals surface area contributed by atoms with Crippen molar-refractivity contribution in [1.82, 2.24) is 40.1 Å². The Morgan fingerprint density at radius 3 is 2.83 bits per heavy atom. The number of aromatic nitrogens is 8. The lowest BCUT2D eigenvalue weighted by molar-refractivity contribution is 0.417. The lowest BCUT2D eigenvalue weighted by Gasteiger charge is -2.13. The van der Waals surface area contributed by atoms with Crippen LogP contribution in [-0.2, 0) is 7.05 Å². The maximum Gasteiger partial charge on any atom is 0.186 e. The van der Waals surface area contributed by atoms with E-state index in [1.807, 2.05) is 36.0 Å². The second-order valence-corrected chi connectivity index (χ2v) is 6.39. The average molecular weight is 387 g/mol. The normalized spacial score (nSPS) is 11.1. The van der Waals surface area contributed by atoms with E-state index in [2.05, 4.69) is 40.8 Å². The molecule has 10 nitrogen and oxygen atoms in total.